The van der Waals surface area contributed by atoms with E-state index in [9.17, 15) is 4.79 Å². The van der Waals surface area contributed by atoms with Gasteiger partial charge >= 0.3 is 5.97 Å². The summed E-state index contributed by atoms with van der Waals surface area (Å²) >= 11 is 0. The van der Waals surface area contributed by atoms with Crippen LogP contribution in [0.2, 0.25) is 0 Å². The molecule has 0 atom stereocenters. The van der Waals surface area contributed by atoms with Gasteiger partial charge < -0.3 is 5.11 Å². The van der Waals surface area contributed by atoms with Crippen LogP contribution < -0.4 is 0 Å². The molecule has 0 bridgehead atoms. The summed E-state index contributed by atoms with van der Waals surface area (Å²) in [5, 5.41) is 8.57. The predicted molar refractivity (Wildman–Crippen MR) is 95.7 cm³/mol. The van der Waals surface area contributed by atoms with E-state index in [0.29, 0.717) is 6.42 Å². The molecule has 2 heterocycles. The third-order valence-corrected chi connectivity index (χ3v) is 4.11. The number of unbranched alkanes of at least 4 members (excludes halogenated alkanes) is 6. The maximum Gasteiger partial charge on any atom is 0.303 e. The highest BCUT2D eigenvalue weighted by Gasteiger charge is 2.01. The van der Waals surface area contributed by atoms with Crippen LogP contribution in [0, 0.1) is 0 Å². The number of aromatic nitrogens is 2. The Morgan fingerprint density at radius 3 is 2.17 bits per heavy atom. The van der Waals surface area contributed by atoms with Gasteiger partial charge in [0.25, 0.3) is 0 Å². The van der Waals surface area contributed by atoms with Crippen molar-refractivity contribution in [3.8, 4) is 11.4 Å². The minimum atomic E-state index is -0.683. The molecule has 0 aliphatic heterocycles. The fraction of sp³-hybridized carbons (Fsp3) is 0.450. The minimum Gasteiger partial charge on any atom is -0.481 e. The molecule has 0 spiro atoms. The summed E-state index contributed by atoms with van der Waals surface area (Å²) in [6.07, 6.45) is 12.9. The maximum atomic E-state index is 10.4. The second kappa shape index (κ2) is 10.5. The molecule has 2 aromatic heterocycles. The Morgan fingerprint density at radius 1 is 0.833 bits per heavy atom. The SMILES string of the molecule is O=C(O)CCCCCCCCCc1ccc(-c2ccccn2)nc1. The maximum absolute atomic E-state index is 10.4. The number of aliphatic carboxylic acids is 1. The number of rotatable bonds is 11. The standard InChI is InChI=1S/C20H26N2O2/c23-20(24)12-7-5-3-1-2-4-6-10-17-13-14-19(22-16-17)18-11-8-9-15-21-18/h8-9,11,13-16H,1-7,10,12H2,(H,23,24). The molecule has 0 saturated heterocycles. The molecule has 0 aliphatic carbocycles. The molecule has 0 unspecified atom stereocenters. The van der Waals surface area contributed by atoms with E-state index in [0.717, 1.165) is 37.1 Å². The Morgan fingerprint density at radius 2 is 1.54 bits per heavy atom. The van der Waals surface area contributed by atoms with E-state index in [4.69, 9.17) is 5.11 Å². The summed E-state index contributed by atoms with van der Waals surface area (Å²) in [5.74, 6) is -0.683. The van der Waals surface area contributed by atoms with E-state index in [-0.39, 0.29) is 0 Å². The highest BCUT2D eigenvalue weighted by atomic mass is 16.4. The van der Waals surface area contributed by atoms with E-state index in [1.54, 1.807) is 6.20 Å². The number of hydrogen-bond acceptors (Lipinski definition) is 3. The molecular formula is C20H26N2O2. The fourth-order valence-corrected chi connectivity index (χ4v) is 2.73. The second-order valence-corrected chi connectivity index (χ2v) is 6.14. The summed E-state index contributed by atoms with van der Waals surface area (Å²) in [4.78, 5) is 19.2. The van der Waals surface area contributed by atoms with Crippen LogP contribution in [-0.2, 0) is 11.2 Å². The smallest absolute Gasteiger partial charge is 0.303 e. The number of hydrogen-bond donors (Lipinski definition) is 1. The molecule has 0 fully saturated rings. The van der Waals surface area contributed by atoms with Gasteiger partial charge in [0.1, 0.15) is 0 Å². The molecule has 0 saturated carbocycles. The van der Waals surface area contributed by atoms with Gasteiger partial charge in [0.2, 0.25) is 0 Å². The zero-order chi connectivity index (χ0) is 17.0. The lowest BCUT2D eigenvalue weighted by Crippen LogP contribution is -1.93. The third kappa shape index (κ3) is 6.90. The first-order valence-corrected chi connectivity index (χ1v) is 8.84. The van der Waals surface area contributed by atoms with Crippen molar-refractivity contribution in [1.82, 2.24) is 9.97 Å². The normalized spacial score (nSPS) is 10.7. The van der Waals surface area contributed by atoms with E-state index >= 15 is 0 Å². The van der Waals surface area contributed by atoms with Crippen LogP contribution in [0.25, 0.3) is 11.4 Å². The average Bonchev–Trinajstić information content (AvgIpc) is 2.61. The summed E-state index contributed by atoms with van der Waals surface area (Å²) in [6, 6.07) is 10.0. The van der Waals surface area contributed by atoms with Crippen molar-refractivity contribution in [2.45, 2.75) is 57.8 Å². The van der Waals surface area contributed by atoms with Gasteiger partial charge in [0, 0.05) is 18.8 Å². The lowest BCUT2D eigenvalue weighted by atomic mass is 10.0. The van der Waals surface area contributed by atoms with Crippen LogP contribution in [0.1, 0.15) is 56.9 Å². The van der Waals surface area contributed by atoms with Crippen molar-refractivity contribution < 1.29 is 9.90 Å². The summed E-state index contributed by atoms with van der Waals surface area (Å²) < 4.78 is 0. The van der Waals surface area contributed by atoms with Crippen molar-refractivity contribution in [2.24, 2.45) is 0 Å². The molecule has 4 nitrogen and oxygen atoms in total. The van der Waals surface area contributed by atoms with Crippen molar-refractivity contribution in [3.63, 3.8) is 0 Å². The van der Waals surface area contributed by atoms with E-state index in [1.807, 2.05) is 30.5 Å². The second-order valence-electron chi connectivity index (χ2n) is 6.14. The highest BCUT2D eigenvalue weighted by Crippen LogP contribution is 2.15. The molecule has 2 aromatic rings. The third-order valence-electron chi connectivity index (χ3n) is 4.11. The first kappa shape index (κ1) is 18.1. The molecule has 24 heavy (non-hydrogen) atoms. The molecule has 0 amide bonds. The molecule has 0 aromatic carbocycles. The summed E-state index contributed by atoms with van der Waals surface area (Å²) in [5.41, 5.74) is 3.10. The Bertz CT molecular complexity index is 597. The van der Waals surface area contributed by atoms with Crippen LogP contribution in [0.3, 0.4) is 0 Å². The predicted octanol–water partition coefficient (Wildman–Crippen LogP) is 4.89. The largest absolute Gasteiger partial charge is 0.481 e. The van der Waals surface area contributed by atoms with Crippen molar-refractivity contribution >= 4 is 5.97 Å². The number of nitrogens with zero attached hydrogens (tertiary/aromatic N) is 2. The number of carboxylic acids is 1. The molecule has 0 radical (unpaired) electrons. The number of pyridine rings is 2. The van der Waals surface area contributed by atoms with Crippen LogP contribution in [0.5, 0.6) is 0 Å². The van der Waals surface area contributed by atoms with Gasteiger partial charge in [-0.05, 0) is 43.0 Å². The Balaban J connectivity index is 1.57. The first-order valence-electron chi connectivity index (χ1n) is 8.84. The van der Waals surface area contributed by atoms with Crippen LogP contribution in [0.15, 0.2) is 42.7 Å². The monoisotopic (exact) mass is 326 g/mol. The fourth-order valence-electron chi connectivity index (χ4n) is 2.73. The van der Waals surface area contributed by atoms with Crippen LogP contribution >= 0.6 is 0 Å². The molecule has 4 heteroatoms. The zero-order valence-electron chi connectivity index (χ0n) is 14.2. The molecular weight excluding hydrogens is 300 g/mol. The van der Waals surface area contributed by atoms with Crippen LogP contribution in [-0.4, -0.2) is 21.0 Å². The van der Waals surface area contributed by atoms with Gasteiger partial charge in [-0.15, -0.1) is 0 Å². The van der Waals surface area contributed by atoms with Gasteiger partial charge in [0.15, 0.2) is 0 Å². The van der Waals surface area contributed by atoms with Gasteiger partial charge in [0.05, 0.1) is 11.4 Å². The van der Waals surface area contributed by atoms with Gasteiger partial charge in [-0.3, -0.25) is 14.8 Å². The topological polar surface area (TPSA) is 63.1 Å². The molecule has 2 rings (SSSR count). The highest BCUT2D eigenvalue weighted by molar-refractivity contribution is 5.66. The lowest BCUT2D eigenvalue weighted by Gasteiger charge is -2.04. The Labute approximate surface area is 144 Å². The van der Waals surface area contributed by atoms with Crippen LogP contribution in [0.4, 0.5) is 0 Å². The summed E-state index contributed by atoms with van der Waals surface area (Å²) in [6.45, 7) is 0. The number of carboxylic acid groups (broad SMARTS) is 1. The van der Waals surface area contributed by atoms with E-state index in [1.165, 1.54) is 31.2 Å². The van der Waals surface area contributed by atoms with Gasteiger partial charge in [-0.1, -0.05) is 44.2 Å². The first-order chi connectivity index (χ1) is 11.8. The van der Waals surface area contributed by atoms with Crippen molar-refractivity contribution in [1.29, 1.82) is 0 Å². The molecule has 1 N–H and O–H groups in total. The van der Waals surface area contributed by atoms with Crippen molar-refractivity contribution in [3.05, 3.63) is 48.3 Å². The zero-order valence-corrected chi connectivity index (χ0v) is 14.2. The average molecular weight is 326 g/mol. The van der Waals surface area contributed by atoms with E-state index in [2.05, 4.69) is 16.0 Å². The molecule has 128 valence electrons. The van der Waals surface area contributed by atoms with Gasteiger partial charge in [-0.2, -0.15) is 0 Å². The van der Waals surface area contributed by atoms with Crippen molar-refractivity contribution in [2.75, 3.05) is 0 Å². The van der Waals surface area contributed by atoms with E-state index < -0.39 is 5.97 Å². The quantitative estimate of drug-likeness (QED) is 0.597. The minimum absolute atomic E-state index is 0.307. The lowest BCUT2D eigenvalue weighted by molar-refractivity contribution is -0.137. The van der Waals surface area contributed by atoms with Gasteiger partial charge in [-0.25, -0.2) is 0 Å². The number of carbonyl (C=O) groups is 1. The number of aryl methyl sites for hydroxylation is 1. The Hall–Kier alpha value is -2.23. The molecule has 0 aliphatic rings. The Kier molecular flexibility index (Phi) is 7.94. The summed E-state index contributed by atoms with van der Waals surface area (Å²) in [7, 11) is 0.